The summed E-state index contributed by atoms with van der Waals surface area (Å²) in [6.45, 7) is 3.40. The third-order valence-electron chi connectivity index (χ3n) is 4.93. The first-order valence-electron chi connectivity index (χ1n) is 9.67. The molecule has 0 fully saturated rings. The summed E-state index contributed by atoms with van der Waals surface area (Å²) in [5.41, 5.74) is -0.922. The fourth-order valence-corrected chi connectivity index (χ4v) is 2.14. The molecule has 0 spiro atoms. The van der Waals surface area contributed by atoms with Gasteiger partial charge in [-0.1, -0.05) is 19.1 Å². The smallest absolute Gasteiger partial charge is 0.460 e. The molecule has 0 aromatic carbocycles. The molecule has 0 aliphatic heterocycles. The molecule has 0 heterocycles. The highest BCUT2D eigenvalue weighted by molar-refractivity contribution is 5.86. The summed E-state index contributed by atoms with van der Waals surface area (Å²) in [6, 6.07) is 0. The van der Waals surface area contributed by atoms with Gasteiger partial charge in [-0.15, -0.1) is 0 Å². The molecule has 21 heteroatoms. The van der Waals surface area contributed by atoms with Gasteiger partial charge < -0.3 is 10.2 Å². The van der Waals surface area contributed by atoms with Crippen molar-refractivity contribution in [2.45, 2.75) is 75.3 Å². The van der Waals surface area contributed by atoms with E-state index in [1.54, 1.807) is 19.9 Å². The third kappa shape index (κ3) is 6.41. The highest BCUT2D eigenvalue weighted by atomic mass is 19.4. The molecule has 0 saturated carbocycles. The highest BCUT2D eigenvalue weighted by Gasteiger charge is 2.95. The van der Waals surface area contributed by atoms with Crippen LogP contribution in [0.5, 0.6) is 0 Å². The first-order valence-corrected chi connectivity index (χ1v) is 9.67. The number of carboxylic acid groups (broad SMARTS) is 2. The summed E-state index contributed by atoms with van der Waals surface area (Å²) in [5.74, 6) is -63.6. The number of aliphatic carboxylic acids is 2. The average molecular weight is 632 g/mol. The summed E-state index contributed by atoms with van der Waals surface area (Å²) < 4.78 is 223. The van der Waals surface area contributed by atoms with Gasteiger partial charge in [0.05, 0.1) is 0 Å². The molecule has 1 atom stereocenters. The largest absolute Gasteiger partial charge is 0.478 e. The van der Waals surface area contributed by atoms with E-state index < -0.39 is 77.1 Å². The second-order valence-electron chi connectivity index (χ2n) is 7.79. The van der Waals surface area contributed by atoms with Crippen molar-refractivity contribution < 1.29 is 94.4 Å². The Morgan fingerprint density at radius 2 is 0.825 bits per heavy atom. The van der Waals surface area contributed by atoms with Crippen molar-refractivity contribution in [1.29, 1.82) is 0 Å². The van der Waals surface area contributed by atoms with Gasteiger partial charge >= 0.3 is 59.6 Å². The molecule has 0 aliphatic rings. The van der Waals surface area contributed by atoms with Crippen LogP contribution < -0.4 is 0 Å². The predicted octanol–water partition coefficient (Wildman–Crippen LogP) is 7.70. The summed E-state index contributed by atoms with van der Waals surface area (Å²) >= 11 is 0. The lowest BCUT2D eigenvalue weighted by Crippen LogP contribution is -2.74. The van der Waals surface area contributed by atoms with Crippen molar-refractivity contribution in [3.05, 3.63) is 23.3 Å². The number of hydrogen-bond acceptors (Lipinski definition) is 2. The number of alkyl halides is 17. The average Bonchev–Trinajstić information content (AvgIpc) is 2.76. The lowest BCUT2D eigenvalue weighted by molar-refractivity contribution is -0.462. The maximum Gasteiger partial charge on any atom is 0.460 e. The van der Waals surface area contributed by atoms with Crippen LogP contribution in [0.1, 0.15) is 27.7 Å². The van der Waals surface area contributed by atoms with Gasteiger partial charge in [0, 0.05) is 17.1 Å². The molecule has 0 bridgehead atoms. The molecule has 4 nitrogen and oxygen atoms in total. The van der Waals surface area contributed by atoms with Crippen LogP contribution in [-0.2, 0) is 9.59 Å². The van der Waals surface area contributed by atoms with E-state index in [0.717, 1.165) is 0 Å². The molecule has 1 unspecified atom stereocenters. The second kappa shape index (κ2) is 11.6. The number of allylic oxidation sites excluding steroid dienone is 2. The molecule has 236 valence electrons. The molecule has 0 amide bonds. The lowest BCUT2D eigenvalue weighted by Gasteiger charge is -2.43. The van der Waals surface area contributed by atoms with Gasteiger partial charge in [-0.05, 0) is 20.8 Å². The van der Waals surface area contributed by atoms with Gasteiger partial charge in [-0.2, -0.15) is 74.6 Å². The van der Waals surface area contributed by atoms with E-state index in [1.807, 2.05) is 0 Å². The third-order valence-corrected chi connectivity index (χ3v) is 4.93. The zero-order valence-electron chi connectivity index (χ0n) is 19.9. The summed E-state index contributed by atoms with van der Waals surface area (Å²) in [4.78, 5) is 20.3. The SMILES string of the molecule is CC(=CC(C)C(F)(F)C(F)(F)C(F)(F)C(F)(F)C(F)(F)C(F)(F)C(F)(F)C(F)(F)F)C(=O)O.CC=C(C)C(=O)O. The minimum atomic E-state index is -8.70. The Bertz CT molecular complexity index is 993. The van der Waals surface area contributed by atoms with E-state index in [0.29, 0.717) is 12.5 Å². The van der Waals surface area contributed by atoms with Crippen LogP contribution in [0.4, 0.5) is 74.6 Å². The van der Waals surface area contributed by atoms with Gasteiger partial charge in [0.25, 0.3) is 0 Å². The van der Waals surface area contributed by atoms with E-state index in [2.05, 4.69) is 0 Å². The van der Waals surface area contributed by atoms with Crippen molar-refractivity contribution in [2.75, 3.05) is 0 Å². The first-order chi connectivity index (χ1) is 17.2. The zero-order valence-corrected chi connectivity index (χ0v) is 19.9. The Labute approximate surface area is 212 Å². The van der Waals surface area contributed by atoms with Crippen LogP contribution >= 0.6 is 0 Å². The summed E-state index contributed by atoms with van der Waals surface area (Å²) in [6.07, 6.45) is -6.72. The molecule has 0 aliphatic carbocycles. The Hall–Kier alpha value is -2.77. The molecule has 0 saturated heterocycles. The van der Waals surface area contributed by atoms with E-state index in [4.69, 9.17) is 10.2 Å². The van der Waals surface area contributed by atoms with Crippen molar-refractivity contribution in [3.8, 4) is 0 Å². The predicted molar refractivity (Wildman–Crippen MR) is 98.3 cm³/mol. The zero-order chi connectivity index (χ0) is 33.3. The van der Waals surface area contributed by atoms with Crippen LogP contribution in [0.15, 0.2) is 23.3 Å². The van der Waals surface area contributed by atoms with E-state index in [1.165, 1.54) is 0 Å². The van der Waals surface area contributed by atoms with Gasteiger partial charge in [0.1, 0.15) is 0 Å². The molecule has 0 aromatic rings. The minimum absolute atomic E-state index is 0.237. The normalized spacial score (nSPS) is 16.2. The maximum atomic E-state index is 13.8. The topological polar surface area (TPSA) is 74.6 Å². The summed E-state index contributed by atoms with van der Waals surface area (Å²) in [5, 5.41) is 16.5. The van der Waals surface area contributed by atoms with Crippen molar-refractivity contribution in [1.82, 2.24) is 0 Å². The maximum absolute atomic E-state index is 13.8. The molecular weight excluding hydrogens is 615 g/mol. The van der Waals surface area contributed by atoms with Gasteiger partial charge in [0.15, 0.2) is 0 Å². The Morgan fingerprint density at radius 1 is 0.550 bits per heavy atom. The molecule has 40 heavy (non-hydrogen) atoms. The number of rotatable bonds is 10. The number of hydrogen-bond donors (Lipinski definition) is 2. The van der Waals surface area contributed by atoms with Crippen molar-refractivity contribution in [3.63, 3.8) is 0 Å². The number of halogens is 17. The van der Waals surface area contributed by atoms with Crippen LogP contribution in [-0.4, -0.2) is 69.8 Å². The van der Waals surface area contributed by atoms with Crippen molar-refractivity contribution >= 4 is 11.9 Å². The number of carbonyl (C=O) groups is 2. The molecule has 0 aromatic heterocycles. The van der Waals surface area contributed by atoms with Gasteiger partial charge in [-0.25, -0.2) is 9.59 Å². The summed E-state index contributed by atoms with van der Waals surface area (Å²) in [7, 11) is 0. The van der Waals surface area contributed by atoms with Gasteiger partial charge in [-0.3, -0.25) is 0 Å². The van der Waals surface area contributed by atoms with Crippen LogP contribution in [0, 0.1) is 5.92 Å². The Balaban J connectivity index is 0. The highest BCUT2D eigenvalue weighted by Crippen LogP contribution is 2.64. The fraction of sp³-hybridized carbons (Fsp3) is 0.684. The van der Waals surface area contributed by atoms with E-state index in [-0.39, 0.29) is 6.92 Å². The quantitative estimate of drug-likeness (QED) is 0.191. The Morgan fingerprint density at radius 3 is 1.05 bits per heavy atom. The molecule has 0 radical (unpaired) electrons. The molecule has 2 N–H and O–H groups in total. The monoisotopic (exact) mass is 632 g/mol. The number of carboxylic acids is 2. The van der Waals surface area contributed by atoms with E-state index in [9.17, 15) is 84.2 Å². The minimum Gasteiger partial charge on any atom is -0.478 e. The second-order valence-corrected chi connectivity index (χ2v) is 7.79. The standard InChI is InChI=1S/C14H9F17O2.C5H8O2/c1-4(6(32)33)3-5(2)7(15,16)8(17,18)9(19,20)10(21,22)11(23,24)12(25,26)13(27,28)14(29,30)31;1-3-4(2)5(6)7/h3,5H,1-2H3,(H,32,33);3H,1-2H3,(H,6,7). The fourth-order valence-electron chi connectivity index (χ4n) is 2.14. The van der Waals surface area contributed by atoms with Crippen LogP contribution in [0.2, 0.25) is 0 Å². The Kier molecular flexibility index (Phi) is 11.4. The van der Waals surface area contributed by atoms with Crippen LogP contribution in [0.3, 0.4) is 0 Å². The van der Waals surface area contributed by atoms with Crippen LogP contribution in [0.25, 0.3) is 0 Å². The van der Waals surface area contributed by atoms with Gasteiger partial charge in [0.2, 0.25) is 0 Å². The first kappa shape index (κ1) is 39.4. The molecular formula is C19H17F17O4. The lowest BCUT2D eigenvalue weighted by atomic mass is 9.85. The van der Waals surface area contributed by atoms with Crippen molar-refractivity contribution in [2.24, 2.45) is 5.92 Å². The molecule has 0 rings (SSSR count). The van der Waals surface area contributed by atoms with E-state index >= 15 is 0 Å².